The van der Waals surface area contributed by atoms with Crippen LogP contribution < -0.4 is 11.2 Å². The summed E-state index contributed by atoms with van der Waals surface area (Å²) < 4.78 is 2.92. The van der Waals surface area contributed by atoms with Gasteiger partial charge in [-0.15, -0.1) is 22.7 Å². The van der Waals surface area contributed by atoms with Gasteiger partial charge in [0.15, 0.2) is 5.78 Å². The summed E-state index contributed by atoms with van der Waals surface area (Å²) in [6, 6.07) is 11.6. The fraction of sp³-hybridized carbons (Fsp3) is 0.150. The monoisotopic (exact) mass is 464 g/mol. The highest BCUT2D eigenvalue weighted by atomic mass is 35.5. The summed E-state index contributed by atoms with van der Waals surface area (Å²) in [5.41, 5.74) is -0.643. The van der Waals surface area contributed by atoms with E-state index in [1.54, 1.807) is 42.5 Å². The van der Waals surface area contributed by atoms with Crippen LogP contribution in [0.2, 0.25) is 9.36 Å². The SMILES string of the molecule is CCc1cc2c(=O)n(-c3cccc(Cl)c3)c(=O)n(CC(=O)c3ccc(Cl)s3)c2s1. The molecular formula is C20H14Cl2N2O3S2. The van der Waals surface area contributed by atoms with Crippen LogP contribution in [0.4, 0.5) is 0 Å². The second-order valence-corrected chi connectivity index (χ2v) is 9.57. The minimum atomic E-state index is -0.578. The summed E-state index contributed by atoms with van der Waals surface area (Å²) in [6.45, 7) is 1.79. The van der Waals surface area contributed by atoms with E-state index in [0.717, 1.165) is 27.2 Å². The van der Waals surface area contributed by atoms with Crippen LogP contribution in [0.5, 0.6) is 0 Å². The highest BCUT2D eigenvalue weighted by Gasteiger charge is 2.20. The lowest BCUT2D eigenvalue weighted by molar-refractivity contribution is 0.0975. The first-order valence-corrected chi connectivity index (χ1v) is 11.1. The Morgan fingerprint density at radius 2 is 1.86 bits per heavy atom. The van der Waals surface area contributed by atoms with Gasteiger partial charge < -0.3 is 0 Å². The van der Waals surface area contributed by atoms with Crippen molar-refractivity contribution in [3.63, 3.8) is 0 Å². The van der Waals surface area contributed by atoms with E-state index in [1.807, 2.05) is 6.92 Å². The lowest BCUT2D eigenvalue weighted by Gasteiger charge is -2.11. The number of aromatic nitrogens is 2. The van der Waals surface area contributed by atoms with Gasteiger partial charge in [-0.3, -0.25) is 14.2 Å². The van der Waals surface area contributed by atoms with Crippen LogP contribution in [-0.4, -0.2) is 14.9 Å². The first kappa shape index (κ1) is 20.1. The lowest BCUT2D eigenvalue weighted by Crippen LogP contribution is -2.39. The number of rotatable bonds is 5. The average molecular weight is 465 g/mol. The maximum absolute atomic E-state index is 13.3. The molecule has 9 heteroatoms. The molecule has 4 rings (SSSR count). The van der Waals surface area contributed by atoms with Crippen LogP contribution in [0.3, 0.4) is 0 Å². The molecule has 0 saturated heterocycles. The molecule has 5 nitrogen and oxygen atoms in total. The molecule has 0 saturated carbocycles. The average Bonchev–Trinajstić information content (AvgIpc) is 3.32. The Morgan fingerprint density at radius 1 is 1.07 bits per heavy atom. The number of thiophene rings is 2. The Hall–Kier alpha value is -2.19. The van der Waals surface area contributed by atoms with Gasteiger partial charge in [0.1, 0.15) is 4.83 Å². The van der Waals surface area contributed by atoms with E-state index >= 15 is 0 Å². The van der Waals surface area contributed by atoms with Crippen molar-refractivity contribution in [3.05, 3.63) is 82.4 Å². The molecule has 0 spiro atoms. The molecule has 0 amide bonds. The minimum absolute atomic E-state index is 0.184. The van der Waals surface area contributed by atoms with Crippen LogP contribution >= 0.6 is 45.9 Å². The van der Waals surface area contributed by atoms with E-state index in [2.05, 4.69) is 0 Å². The molecule has 0 unspecified atom stereocenters. The zero-order valence-electron chi connectivity index (χ0n) is 15.1. The Labute approximate surface area is 183 Å². The number of hydrogen-bond acceptors (Lipinski definition) is 5. The van der Waals surface area contributed by atoms with Gasteiger partial charge in [-0.1, -0.05) is 36.2 Å². The maximum atomic E-state index is 13.3. The number of hydrogen-bond donors (Lipinski definition) is 0. The molecule has 0 aliphatic carbocycles. The van der Waals surface area contributed by atoms with E-state index in [-0.39, 0.29) is 12.3 Å². The van der Waals surface area contributed by atoms with Gasteiger partial charge in [-0.25, -0.2) is 9.36 Å². The molecule has 0 bridgehead atoms. The van der Waals surface area contributed by atoms with Gasteiger partial charge in [0.05, 0.1) is 26.8 Å². The number of nitrogens with zero attached hydrogens (tertiary/aromatic N) is 2. The summed E-state index contributed by atoms with van der Waals surface area (Å²) in [5, 5.41) is 0.813. The number of benzene rings is 1. The minimum Gasteiger partial charge on any atom is -0.291 e. The number of Topliss-reactive ketones (excluding diaryl/α,β-unsaturated/α-hetero) is 1. The first-order chi connectivity index (χ1) is 13.9. The molecule has 1 aromatic carbocycles. The summed E-state index contributed by atoms with van der Waals surface area (Å²) >= 11 is 14.5. The Balaban J connectivity index is 1.97. The van der Waals surface area contributed by atoms with Crippen molar-refractivity contribution in [2.24, 2.45) is 0 Å². The third-order valence-corrected chi connectivity index (χ3v) is 7.24. The van der Waals surface area contributed by atoms with Crippen molar-refractivity contribution >= 4 is 61.9 Å². The van der Waals surface area contributed by atoms with E-state index in [1.165, 1.54) is 15.9 Å². The van der Waals surface area contributed by atoms with Crippen LogP contribution in [-0.2, 0) is 13.0 Å². The van der Waals surface area contributed by atoms with Crippen molar-refractivity contribution < 1.29 is 4.79 Å². The number of fused-ring (bicyclic) bond motifs is 1. The number of aryl methyl sites for hydroxylation is 1. The first-order valence-electron chi connectivity index (χ1n) is 8.71. The summed E-state index contributed by atoms with van der Waals surface area (Å²) in [7, 11) is 0. The third kappa shape index (κ3) is 3.71. The smallest absolute Gasteiger partial charge is 0.291 e. The molecule has 0 fully saturated rings. The molecule has 0 aliphatic rings. The van der Waals surface area contributed by atoms with Gasteiger partial charge in [-0.2, -0.15) is 0 Å². The summed E-state index contributed by atoms with van der Waals surface area (Å²) in [4.78, 5) is 41.1. The Morgan fingerprint density at radius 3 is 2.52 bits per heavy atom. The van der Waals surface area contributed by atoms with Crippen molar-refractivity contribution in [1.82, 2.24) is 9.13 Å². The van der Waals surface area contributed by atoms with Crippen molar-refractivity contribution in [3.8, 4) is 5.69 Å². The van der Waals surface area contributed by atoms with Crippen LogP contribution in [0, 0.1) is 0 Å². The predicted molar refractivity (Wildman–Crippen MR) is 120 cm³/mol. The van der Waals surface area contributed by atoms with Crippen LogP contribution in [0.15, 0.2) is 52.1 Å². The molecule has 148 valence electrons. The summed E-state index contributed by atoms with van der Waals surface area (Å²) in [6.07, 6.45) is 0.721. The highest BCUT2D eigenvalue weighted by Crippen LogP contribution is 2.25. The van der Waals surface area contributed by atoms with E-state index in [0.29, 0.717) is 30.1 Å². The lowest BCUT2D eigenvalue weighted by atomic mass is 10.2. The zero-order chi connectivity index (χ0) is 20.7. The van der Waals surface area contributed by atoms with Gasteiger partial charge in [0, 0.05) is 9.90 Å². The molecule has 0 N–H and O–H groups in total. The zero-order valence-corrected chi connectivity index (χ0v) is 18.3. The quantitative estimate of drug-likeness (QED) is 0.389. The van der Waals surface area contributed by atoms with Gasteiger partial charge in [-0.05, 0) is 42.8 Å². The third-order valence-electron chi connectivity index (χ3n) is 4.43. The fourth-order valence-electron chi connectivity index (χ4n) is 3.04. The molecule has 0 atom stereocenters. The van der Waals surface area contributed by atoms with Crippen molar-refractivity contribution in [2.75, 3.05) is 0 Å². The molecule has 3 heterocycles. The van der Waals surface area contributed by atoms with Crippen LogP contribution in [0.25, 0.3) is 15.9 Å². The molecule has 29 heavy (non-hydrogen) atoms. The highest BCUT2D eigenvalue weighted by molar-refractivity contribution is 7.18. The van der Waals surface area contributed by atoms with Gasteiger partial charge >= 0.3 is 5.69 Å². The van der Waals surface area contributed by atoms with Crippen molar-refractivity contribution in [2.45, 2.75) is 19.9 Å². The topological polar surface area (TPSA) is 61.1 Å². The van der Waals surface area contributed by atoms with Crippen molar-refractivity contribution in [1.29, 1.82) is 0 Å². The largest absolute Gasteiger partial charge is 0.337 e. The van der Waals surface area contributed by atoms with E-state index < -0.39 is 11.2 Å². The normalized spacial score (nSPS) is 11.3. The van der Waals surface area contributed by atoms with Crippen LogP contribution in [0.1, 0.15) is 21.5 Å². The summed E-state index contributed by atoms with van der Waals surface area (Å²) in [5.74, 6) is -0.243. The molecular weight excluding hydrogens is 451 g/mol. The standard InChI is InChI=1S/C20H14Cl2N2O3S2/c1-2-13-9-14-18(26)24(12-5-3-4-11(21)8-12)20(27)23(19(14)28-13)10-15(25)16-6-7-17(22)29-16/h3-9H,2,10H2,1H3. The maximum Gasteiger partial charge on any atom is 0.337 e. The van der Waals surface area contributed by atoms with Gasteiger partial charge in [0.2, 0.25) is 0 Å². The molecule has 0 aliphatic heterocycles. The number of carbonyl (C=O) groups is 1. The van der Waals surface area contributed by atoms with Gasteiger partial charge in [0.25, 0.3) is 5.56 Å². The second kappa shape index (κ2) is 7.91. The molecule has 3 aromatic heterocycles. The van der Waals surface area contributed by atoms with E-state index in [9.17, 15) is 14.4 Å². The number of halogens is 2. The molecule has 0 radical (unpaired) electrons. The number of carbonyl (C=O) groups excluding carboxylic acids is 1. The predicted octanol–water partition coefficient (Wildman–Crippen LogP) is 5.03. The Bertz CT molecular complexity index is 1360. The van der Waals surface area contributed by atoms with E-state index in [4.69, 9.17) is 23.2 Å². The fourth-order valence-corrected chi connectivity index (χ4v) is 5.28. The second-order valence-electron chi connectivity index (χ2n) is 6.30. The Kier molecular flexibility index (Phi) is 5.48. The number of ketones is 1. The molecule has 4 aromatic rings.